The van der Waals surface area contributed by atoms with Crippen molar-refractivity contribution in [2.45, 2.75) is 32.9 Å². The number of rotatable bonds is 7. The minimum atomic E-state index is -0.564. The number of carbonyl (C=O) groups is 2. The van der Waals surface area contributed by atoms with Crippen molar-refractivity contribution in [2.24, 2.45) is 0 Å². The van der Waals surface area contributed by atoms with E-state index in [1.165, 1.54) is 17.2 Å². The number of nitrogens with one attached hydrogen (secondary N) is 1. The van der Waals surface area contributed by atoms with Crippen LogP contribution < -0.4 is 10.1 Å². The van der Waals surface area contributed by atoms with Gasteiger partial charge in [-0.2, -0.15) is 0 Å². The maximum absolute atomic E-state index is 12.9. The van der Waals surface area contributed by atoms with Crippen LogP contribution >= 0.6 is 0 Å². The van der Waals surface area contributed by atoms with Crippen LogP contribution in [-0.4, -0.2) is 60.9 Å². The Hall–Kier alpha value is -3.12. The first-order valence-corrected chi connectivity index (χ1v) is 11.1. The Morgan fingerprint density at radius 2 is 1.81 bits per heavy atom. The number of hydrogen-bond donors (Lipinski definition) is 1. The van der Waals surface area contributed by atoms with Crippen LogP contribution in [0.3, 0.4) is 0 Å². The lowest BCUT2D eigenvalue weighted by molar-refractivity contribution is -0.135. The molecule has 1 unspecified atom stereocenters. The molecule has 0 bridgehead atoms. The molecule has 3 rings (SSSR count). The number of benzene rings is 2. The number of aryl methyl sites for hydroxylation is 1. The van der Waals surface area contributed by atoms with Crippen molar-refractivity contribution in [3.8, 4) is 5.75 Å². The van der Waals surface area contributed by atoms with E-state index in [1.807, 2.05) is 29.2 Å². The maximum atomic E-state index is 12.9. The summed E-state index contributed by atoms with van der Waals surface area (Å²) < 4.78 is 5.13. The highest BCUT2D eigenvalue weighted by atomic mass is 16.5. The molecule has 6 heteroatoms. The van der Waals surface area contributed by atoms with Gasteiger partial charge >= 0.3 is 0 Å². The van der Waals surface area contributed by atoms with Crippen LogP contribution in [0.15, 0.2) is 54.6 Å². The van der Waals surface area contributed by atoms with Gasteiger partial charge in [0.15, 0.2) is 0 Å². The summed E-state index contributed by atoms with van der Waals surface area (Å²) in [4.78, 5) is 29.5. The smallest absolute Gasteiger partial charge is 0.244 e. The van der Waals surface area contributed by atoms with Crippen LogP contribution in [0.2, 0.25) is 0 Å². The minimum absolute atomic E-state index is 0.0334. The SMILES string of the molecule is COc1ccc(/C=C/C(=O)NC(C)C(=O)N2CCCN(Cc3ccccc3C)CC2)cc1. The van der Waals surface area contributed by atoms with E-state index in [0.717, 1.165) is 37.4 Å². The van der Waals surface area contributed by atoms with Gasteiger partial charge in [-0.3, -0.25) is 14.5 Å². The Morgan fingerprint density at radius 3 is 2.53 bits per heavy atom. The molecule has 1 N–H and O–H groups in total. The Bertz CT molecular complexity index is 940. The van der Waals surface area contributed by atoms with Gasteiger partial charge in [-0.1, -0.05) is 36.4 Å². The molecule has 2 aromatic carbocycles. The second-order valence-electron chi connectivity index (χ2n) is 8.22. The van der Waals surface area contributed by atoms with Gasteiger partial charge in [0.1, 0.15) is 11.8 Å². The zero-order chi connectivity index (χ0) is 22.9. The third-order valence-electron chi connectivity index (χ3n) is 5.83. The Labute approximate surface area is 190 Å². The topological polar surface area (TPSA) is 61.9 Å². The van der Waals surface area contributed by atoms with E-state index in [2.05, 4.69) is 41.4 Å². The lowest BCUT2D eigenvalue weighted by Crippen LogP contribution is -2.47. The number of amides is 2. The average Bonchev–Trinajstić information content (AvgIpc) is 3.04. The van der Waals surface area contributed by atoms with Crippen molar-refractivity contribution in [3.05, 3.63) is 71.3 Å². The number of ether oxygens (including phenoxy) is 1. The highest BCUT2D eigenvalue weighted by Crippen LogP contribution is 2.14. The molecule has 6 nitrogen and oxygen atoms in total. The molecule has 0 saturated carbocycles. The largest absolute Gasteiger partial charge is 0.497 e. The van der Waals surface area contributed by atoms with Crippen molar-refractivity contribution >= 4 is 17.9 Å². The summed E-state index contributed by atoms with van der Waals surface area (Å²) >= 11 is 0. The van der Waals surface area contributed by atoms with Gasteiger partial charge in [-0.15, -0.1) is 0 Å². The molecular weight excluding hydrogens is 402 g/mol. The Kier molecular flexibility index (Phi) is 8.45. The summed E-state index contributed by atoms with van der Waals surface area (Å²) in [5.74, 6) is 0.451. The summed E-state index contributed by atoms with van der Waals surface area (Å²) in [7, 11) is 1.61. The monoisotopic (exact) mass is 435 g/mol. The Morgan fingerprint density at radius 1 is 1.06 bits per heavy atom. The van der Waals surface area contributed by atoms with Crippen molar-refractivity contribution in [3.63, 3.8) is 0 Å². The van der Waals surface area contributed by atoms with Gasteiger partial charge in [-0.25, -0.2) is 0 Å². The van der Waals surface area contributed by atoms with Crippen LogP contribution in [0.5, 0.6) is 5.75 Å². The molecule has 2 aromatic rings. The maximum Gasteiger partial charge on any atom is 0.244 e. The van der Waals surface area contributed by atoms with E-state index in [4.69, 9.17) is 4.74 Å². The molecule has 1 aliphatic rings. The second-order valence-corrected chi connectivity index (χ2v) is 8.22. The highest BCUT2D eigenvalue weighted by Gasteiger charge is 2.24. The van der Waals surface area contributed by atoms with Gasteiger partial charge in [0.05, 0.1) is 7.11 Å². The number of carbonyl (C=O) groups excluding carboxylic acids is 2. The van der Waals surface area contributed by atoms with Gasteiger partial charge in [0.25, 0.3) is 0 Å². The third-order valence-corrected chi connectivity index (χ3v) is 5.83. The fourth-order valence-electron chi connectivity index (χ4n) is 3.86. The first-order chi connectivity index (χ1) is 15.5. The van der Waals surface area contributed by atoms with Crippen molar-refractivity contribution in [1.29, 1.82) is 0 Å². The van der Waals surface area contributed by atoms with E-state index in [-0.39, 0.29) is 11.8 Å². The van der Waals surface area contributed by atoms with E-state index in [9.17, 15) is 9.59 Å². The minimum Gasteiger partial charge on any atom is -0.497 e. The first-order valence-electron chi connectivity index (χ1n) is 11.1. The highest BCUT2D eigenvalue weighted by molar-refractivity contribution is 5.95. The predicted octanol–water partition coefficient (Wildman–Crippen LogP) is 3.26. The number of nitrogens with zero attached hydrogens (tertiary/aromatic N) is 2. The quantitative estimate of drug-likeness (QED) is 0.678. The molecule has 1 fully saturated rings. The van der Waals surface area contributed by atoms with Crippen LogP contribution in [0.1, 0.15) is 30.0 Å². The summed E-state index contributed by atoms with van der Waals surface area (Å²) in [6, 6.07) is 15.3. The molecule has 0 radical (unpaired) electrons. The first kappa shape index (κ1) is 23.5. The molecule has 0 spiro atoms. The molecular formula is C26H33N3O3. The second kappa shape index (κ2) is 11.5. The molecule has 1 heterocycles. The van der Waals surface area contributed by atoms with E-state index in [0.29, 0.717) is 13.1 Å². The van der Waals surface area contributed by atoms with Crippen molar-refractivity contribution in [1.82, 2.24) is 15.1 Å². The molecule has 1 atom stereocenters. The van der Waals surface area contributed by atoms with Crippen molar-refractivity contribution < 1.29 is 14.3 Å². The number of methoxy groups -OCH3 is 1. The normalized spacial score (nSPS) is 15.9. The van der Waals surface area contributed by atoms with Crippen LogP contribution in [0, 0.1) is 6.92 Å². The van der Waals surface area contributed by atoms with Gasteiger partial charge in [0.2, 0.25) is 11.8 Å². The van der Waals surface area contributed by atoms with Crippen LogP contribution in [-0.2, 0) is 16.1 Å². The third kappa shape index (κ3) is 6.69. The summed E-state index contributed by atoms with van der Waals surface area (Å²) in [5.41, 5.74) is 3.52. The van der Waals surface area contributed by atoms with E-state index >= 15 is 0 Å². The van der Waals surface area contributed by atoms with Crippen LogP contribution in [0.25, 0.3) is 6.08 Å². The fourth-order valence-corrected chi connectivity index (χ4v) is 3.86. The molecule has 1 aliphatic heterocycles. The standard InChI is InChI=1S/C26H33N3O3/c1-20-7-4-5-8-23(20)19-28-15-6-16-29(18-17-28)26(31)21(2)27-25(30)14-11-22-9-12-24(32-3)13-10-22/h4-5,7-14,21H,6,15-19H2,1-3H3,(H,27,30)/b14-11+. The summed E-state index contributed by atoms with van der Waals surface area (Å²) in [6.45, 7) is 7.96. The molecule has 32 heavy (non-hydrogen) atoms. The Balaban J connectivity index is 1.48. The van der Waals surface area contributed by atoms with Gasteiger partial charge < -0.3 is 15.0 Å². The van der Waals surface area contributed by atoms with Gasteiger partial charge in [0, 0.05) is 38.8 Å². The van der Waals surface area contributed by atoms with E-state index < -0.39 is 6.04 Å². The molecule has 2 amide bonds. The summed E-state index contributed by atoms with van der Waals surface area (Å²) in [5, 5.41) is 2.79. The molecule has 170 valence electrons. The predicted molar refractivity (Wildman–Crippen MR) is 127 cm³/mol. The summed E-state index contributed by atoms with van der Waals surface area (Å²) in [6.07, 6.45) is 4.11. The number of hydrogen-bond acceptors (Lipinski definition) is 4. The van der Waals surface area contributed by atoms with Crippen LogP contribution in [0.4, 0.5) is 0 Å². The lowest BCUT2D eigenvalue weighted by Gasteiger charge is -2.25. The fraction of sp³-hybridized carbons (Fsp3) is 0.385. The zero-order valence-corrected chi connectivity index (χ0v) is 19.2. The molecule has 1 saturated heterocycles. The van der Waals surface area contributed by atoms with E-state index in [1.54, 1.807) is 20.1 Å². The zero-order valence-electron chi connectivity index (χ0n) is 19.2. The average molecular weight is 436 g/mol. The molecule has 0 aliphatic carbocycles. The van der Waals surface area contributed by atoms with Crippen molar-refractivity contribution in [2.75, 3.05) is 33.3 Å². The molecule has 0 aromatic heterocycles. The van der Waals surface area contributed by atoms with Gasteiger partial charge in [-0.05, 0) is 55.2 Å². The lowest BCUT2D eigenvalue weighted by atomic mass is 10.1.